The normalized spacial score (nSPS) is 12.6. The first kappa shape index (κ1) is 18.2. The van der Waals surface area contributed by atoms with Crippen LogP contribution < -0.4 is 10.3 Å². The molecule has 148 valence electrons. The van der Waals surface area contributed by atoms with E-state index in [-0.39, 0.29) is 27.5 Å². The van der Waals surface area contributed by atoms with E-state index in [1.165, 1.54) is 22.8 Å². The van der Waals surface area contributed by atoms with Gasteiger partial charge in [-0.05, 0) is 54.6 Å². The van der Waals surface area contributed by atoms with Gasteiger partial charge in [-0.2, -0.15) is 0 Å². The van der Waals surface area contributed by atoms with Crippen molar-refractivity contribution in [2.24, 2.45) is 0 Å². The lowest BCUT2D eigenvalue weighted by Crippen LogP contribution is -2.21. The fourth-order valence-corrected chi connectivity index (χ4v) is 4.48. The standard InChI is InChI=1S/C21H12FN3O4S/c22-12-5-8-14(9-6-12)30(28,29)24-13-7-10-18-16(11-13)19(26)20-23-17-4-2-1-3-15(17)21(27)25(18)20/h1-11,24H. The van der Waals surface area contributed by atoms with Crippen LogP contribution in [0.1, 0.15) is 16.2 Å². The lowest BCUT2D eigenvalue weighted by molar-refractivity contribution is 0.103. The van der Waals surface area contributed by atoms with Crippen molar-refractivity contribution in [3.8, 4) is 5.69 Å². The van der Waals surface area contributed by atoms with Gasteiger partial charge in [-0.25, -0.2) is 17.8 Å². The number of para-hydroxylation sites is 1. The molecule has 3 aromatic carbocycles. The first-order chi connectivity index (χ1) is 14.3. The Morgan fingerprint density at radius 3 is 2.43 bits per heavy atom. The van der Waals surface area contributed by atoms with Crippen molar-refractivity contribution in [3.05, 3.63) is 94.3 Å². The summed E-state index contributed by atoms with van der Waals surface area (Å²) < 4.78 is 41.8. The molecule has 0 unspecified atom stereocenters. The number of nitrogens with one attached hydrogen (secondary N) is 1. The van der Waals surface area contributed by atoms with Crippen molar-refractivity contribution in [3.63, 3.8) is 0 Å². The van der Waals surface area contributed by atoms with Gasteiger partial charge in [0.25, 0.3) is 15.6 Å². The van der Waals surface area contributed by atoms with Gasteiger partial charge in [0, 0.05) is 5.69 Å². The van der Waals surface area contributed by atoms with E-state index in [0.29, 0.717) is 16.6 Å². The van der Waals surface area contributed by atoms with E-state index in [0.717, 1.165) is 24.3 Å². The van der Waals surface area contributed by atoms with Gasteiger partial charge in [0.15, 0.2) is 5.82 Å². The van der Waals surface area contributed by atoms with Crippen molar-refractivity contribution in [1.82, 2.24) is 9.55 Å². The molecule has 0 atom stereocenters. The van der Waals surface area contributed by atoms with Gasteiger partial charge in [-0.1, -0.05) is 12.1 Å². The summed E-state index contributed by atoms with van der Waals surface area (Å²) >= 11 is 0. The number of halogens is 1. The second kappa shape index (κ2) is 6.33. The van der Waals surface area contributed by atoms with E-state index >= 15 is 0 Å². The quantitative estimate of drug-likeness (QED) is 0.483. The van der Waals surface area contributed by atoms with Crippen LogP contribution in [0.4, 0.5) is 10.1 Å². The Morgan fingerprint density at radius 2 is 1.67 bits per heavy atom. The molecule has 0 radical (unpaired) electrons. The van der Waals surface area contributed by atoms with Gasteiger partial charge in [-0.15, -0.1) is 0 Å². The Labute approximate surface area is 169 Å². The first-order valence-electron chi connectivity index (χ1n) is 8.84. The van der Waals surface area contributed by atoms with E-state index in [4.69, 9.17) is 0 Å². The fourth-order valence-electron chi connectivity index (χ4n) is 3.43. The van der Waals surface area contributed by atoms with Crippen molar-refractivity contribution in [1.29, 1.82) is 0 Å². The van der Waals surface area contributed by atoms with Crippen LogP contribution in [0.5, 0.6) is 0 Å². The van der Waals surface area contributed by atoms with E-state index in [1.54, 1.807) is 24.3 Å². The van der Waals surface area contributed by atoms with E-state index in [9.17, 15) is 22.4 Å². The number of carbonyl (C=O) groups is 1. The highest BCUT2D eigenvalue weighted by Crippen LogP contribution is 2.29. The number of benzene rings is 3. The van der Waals surface area contributed by atoms with Gasteiger partial charge >= 0.3 is 0 Å². The number of ketones is 1. The molecule has 1 aliphatic heterocycles. The van der Waals surface area contributed by atoms with Gasteiger partial charge in [0.05, 0.1) is 27.0 Å². The third-order valence-electron chi connectivity index (χ3n) is 4.84. The summed E-state index contributed by atoms with van der Waals surface area (Å²) in [5.41, 5.74) is 0.670. The summed E-state index contributed by atoms with van der Waals surface area (Å²) in [6.07, 6.45) is 0. The monoisotopic (exact) mass is 421 g/mol. The Bertz CT molecular complexity index is 1530. The molecule has 0 aliphatic carbocycles. The molecule has 0 spiro atoms. The van der Waals surface area contributed by atoms with Crippen LogP contribution in [0.25, 0.3) is 16.6 Å². The molecule has 5 rings (SSSR count). The molecule has 1 N–H and O–H groups in total. The number of carbonyl (C=O) groups excluding carboxylic acids is 1. The van der Waals surface area contributed by atoms with Gasteiger partial charge < -0.3 is 0 Å². The lowest BCUT2D eigenvalue weighted by atomic mass is 10.1. The highest BCUT2D eigenvalue weighted by molar-refractivity contribution is 7.92. The zero-order valence-corrected chi connectivity index (χ0v) is 16.0. The van der Waals surface area contributed by atoms with Gasteiger partial charge in [0.1, 0.15) is 5.82 Å². The maximum absolute atomic E-state index is 13.1. The summed E-state index contributed by atoms with van der Waals surface area (Å²) in [6, 6.07) is 15.4. The molecule has 30 heavy (non-hydrogen) atoms. The highest BCUT2D eigenvalue weighted by Gasteiger charge is 2.31. The second-order valence-electron chi connectivity index (χ2n) is 6.71. The molecule has 9 heteroatoms. The molecular formula is C21H12FN3O4S. The molecule has 0 amide bonds. The highest BCUT2D eigenvalue weighted by atomic mass is 32.2. The molecule has 2 heterocycles. The van der Waals surface area contributed by atoms with Crippen LogP contribution in [-0.4, -0.2) is 23.8 Å². The topological polar surface area (TPSA) is 98.1 Å². The minimum atomic E-state index is -3.98. The van der Waals surface area contributed by atoms with Crippen LogP contribution in [0.2, 0.25) is 0 Å². The number of nitrogens with zero attached hydrogens (tertiary/aromatic N) is 2. The number of aromatic nitrogens is 2. The Hall–Kier alpha value is -3.85. The Morgan fingerprint density at radius 1 is 0.933 bits per heavy atom. The predicted octanol–water partition coefficient (Wildman–Crippen LogP) is 2.87. The molecule has 0 fully saturated rings. The molecule has 0 saturated heterocycles. The van der Waals surface area contributed by atoms with E-state index in [1.807, 2.05) is 0 Å². The molecule has 0 bridgehead atoms. The maximum atomic E-state index is 13.1. The van der Waals surface area contributed by atoms with Gasteiger partial charge in [0.2, 0.25) is 5.78 Å². The van der Waals surface area contributed by atoms with Crippen molar-refractivity contribution in [2.75, 3.05) is 4.72 Å². The predicted molar refractivity (Wildman–Crippen MR) is 108 cm³/mol. The third-order valence-corrected chi connectivity index (χ3v) is 6.23. The fraction of sp³-hybridized carbons (Fsp3) is 0. The Balaban J connectivity index is 1.59. The number of anilines is 1. The minimum absolute atomic E-state index is 0.0211. The third kappa shape index (κ3) is 2.71. The zero-order chi connectivity index (χ0) is 21.0. The number of fused-ring (bicyclic) bond motifs is 4. The first-order valence-corrected chi connectivity index (χ1v) is 10.3. The van der Waals surface area contributed by atoms with Crippen molar-refractivity contribution >= 4 is 32.4 Å². The van der Waals surface area contributed by atoms with Crippen LogP contribution in [-0.2, 0) is 10.0 Å². The lowest BCUT2D eigenvalue weighted by Gasteiger charge is -2.10. The number of sulfonamides is 1. The molecule has 1 aromatic heterocycles. The SMILES string of the molecule is O=C1c2cc(NS(=O)(=O)c3ccc(F)cc3)ccc2-n2c1nc1ccccc1c2=O. The average molecular weight is 421 g/mol. The van der Waals surface area contributed by atoms with Crippen LogP contribution in [0.15, 0.2) is 76.4 Å². The van der Waals surface area contributed by atoms with Crippen molar-refractivity contribution < 1.29 is 17.6 Å². The summed E-state index contributed by atoms with van der Waals surface area (Å²) in [5.74, 6) is -1.05. The second-order valence-corrected chi connectivity index (χ2v) is 8.40. The van der Waals surface area contributed by atoms with Crippen molar-refractivity contribution in [2.45, 2.75) is 4.90 Å². The van der Waals surface area contributed by atoms with Crippen LogP contribution in [0.3, 0.4) is 0 Å². The van der Waals surface area contributed by atoms with Gasteiger partial charge in [-0.3, -0.25) is 18.9 Å². The van der Waals surface area contributed by atoms with E-state index < -0.39 is 21.6 Å². The summed E-state index contributed by atoms with van der Waals surface area (Å²) in [6.45, 7) is 0. The van der Waals surface area contributed by atoms with Crippen LogP contribution in [0, 0.1) is 5.82 Å². The molecular weight excluding hydrogens is 409 g/mol. The Kier molecular flexibility index (Phi) is 3.84. The summed E-state index contributed by atoms with van der Waals surface area (Å²) in [5, 5.41) is 0.378. The minimum Gasteiger partial charge on any atom is -0.285 e. The average Bonchev–Trinajstić information content (AvgIpc) is 3.00. The van der Waals surface area contributed by atoms with Crippen LogP contribution >= 0.6 is 0 Å². The molecule has 4 aromatic rings. The summed E-state index contributed by atoms with van der Waals surface area (Å²) in [7, 11) is -3.98. The number of hydrogen-bond donors (Lipinski definition) is 1. The number of hydrogen-bond acceptors (Lipinski definition) is 5. The molecule has 7 nitrogen and oxygen atoms in total. The maximum Gasteiger partial charge on any atom is 0.266 e. The zero-order valence-electron chi connectivity index (χ0n) is 15.2. The molecule has 1 aliphatic rings. The summed E-state index contributed by atoms with van der Waals surface area (Å²) in [4.78, 5) is 29.9. The van der Waals surface area contributed by atoms with E-state index in [2.05, 4.69) is 9.71 Å². The molecule has 0 saturated carbocycles. The smallest absolute Gasteiger partial charge is 0.266 e. The number of rotatable bonds is 3. The largest absolute Gasteiger partial charge is 0.285 e.